The van der Waals surface area contributed by atoms with Gasteiger partial charge in [0.2, 0.25) is 0 Å². The van der Waals surface area contributed by atoms with Crippen LogP contribution in [0.15, 0.2) is 54.7 Å². The van der Waals surface area contributed by atoms with Crippen molar-refractivity contribution in [1.29, 1.82) is 0 Å². The first kappa shape index (κ1) is 23.1. The number of piperidine rings is 1. The van der Waals surface area contributed by atoms with Crippen LogP contribution < -0.4 is 15.4 Å². The van der Waals surface area contributed by atoms with E-state index in [2.05, 4.69) is 39.8 Å². The van der Waals surface area contributed by atoms with E-state index >= 15 is 0 Å². The van der Waals surface area contributed by atoms with Gasteiger partial charge in [-0.3, -0.25) is 9.48 Å². The van der Waals surface area contributed by atoms with Crippen molar-refractivity contribution in [1.82, 2.24) is 25.4 Å². The molecular formula is C28H31N5O2. The summed E-state index contributed by atoms with van der Waals surface area (Å²) < 4.78 is 7.96. The normalized spacial score (nSPS) is 14.3. The van der Waals surface area contributed by atoms with Gasteiger partial charge < -0.3 is 15.4 Å². The molecule has 3 heterocycles. The average Bonchev–Trinajstić information content (AvgIpc) is 3.17. The van der Waals surface area contributed by atoms with Gasteiger partial charge in [0, 0.05) is 24.7 Å². The number of hydrogen-bond donors (Lipinski definition) is 2. The van der Waals surface area contributed by atoms with Gasteiger partial charge in [-0.1, -0.05) is 31.2 Å². The Balaban J connectivity index is 1.36. The topological polar surface area (TPSA) is 81.1 Å². The zero-order valence-corrected chi connectivity index (χ0v) is 20.5. The number of aromatic nitrogens is 3. The van der Waals surface area contributed by atoms with Crippen molar-refractivity contribution in [2.24, 2.45) is 7.05 Å². The van der Waals surface area contributed by atoms with Crippen molar-refractivity contribution in [3.63, 3.8) is 0 Å². The number of fused-ring (bicyclic) bond motifs is 1. The Hall–Kier alpha value is -3.71. The highest BCUT2D eigenvalue weighted by Gasteiger charge is 2.18. The van der Waals surface area contributed by atoms with Crippen molar-refractivity contribution < 1.29 is 9.53 Å². The van der Waals surface area contributed by atoms with E-state index in [0.29, 0.717) is 5.75 Å². The summed E-state index contributed by atoms with van der Waals surface area (Å²) in [6.45, 7) is 5.94. The SMILES string of the molecule is CCc1cc(-c2cccc(Oc3cnc4c(C)nn(C)c4c3)c2)ccc1C(=O)NC1CCNCC1. The van der Waals surface area contributed by atoms with Crippen molar-refractivity contribution in [3.05, 3.63) is 71.5 Å². The van der Waals surface area contributed by atoms with Gasteiger partial charge in [-0.2, -0.15) is 5.10 Å². The molecule has 35 heavy (non-hydrogen) atoms. The van der Waals surface area contributed by atoms with Crippen LogP contribution in [0.2, 0.25) is 0 Å². The van der Waals surface area contributed by atoms with E-state index in [0.717, 1.165) is 77.1 Å². The van der Waals surface area contributed by atoms with Crippen LogP contribution in [0.3, 0.4) is 0 Å². The monoisotopic (exact) mass is 469 g/mol. The lowest BCUT2D eigenvalue weighted by Crippen LogP contribution is -2.42. The number of pyridine rings is 1. The average molecular weight is 470 g/mol. The first-order valence-electron chi connectivity index (χ1n) is 12.2. The molecule has 0 bridgehead atoms. The van der Waals surface area contributed by atoms with E-state index in [4.69, 9.17) is 4.74 Å². The van der Waals surface area contributed by atoms with Crippen LogP contribution in [-0.4, -0.2) is 39.8 Å². The standard InChI is InChI=1S/C28H31N5O2/c1-4-19-14-21(8-9-25(19)28(34)31-22-10-12-29-13-11-22)20-6-5-7-23(15-20)35-24-16-26-27(30-17-24)18(2)32-33(26)3/h5-9,14-17,22,29H,4,10-13H2,1-3H3,(H,31,34). The molecule has 0 unspecified atom stereocenters. The molecule has 180 valence electrons. The Morgan fingerprint density at radius 2 is 1.91 bits per heavy atom. The number of hydrogen-bond acceptors (Lipinski definition) is 5. The van der Waals surface area contributed by atoms with E-state index in [1.165, 1.54) is 0 Å². The Labute approximate surface area is 205 Å². The molecular weight excluding hydrogens is 438 g/mol. The number of benzene rings is 2. The van der Waals surface area contributed by atoms with Gasteiger partial charge in [0.25, 0.3) is 5.91 Å². The number of nitrogens with zero attached hydrogens (tertiary/aromatic N) is 3. The van der Waals surface area contributed by atoms with Crippen LogP contribution in [0, 0.1) is 6.92 Å². The first-order valence-corrected chi connectivity index (χ1v) is 12.2. The molecule has 5 rings (SSSR count). The van der Waals surface area contributed by atoms with Crippen molar-refractivity contribution in [3.8, 4) is 22.6 Å². The molecule has 2 aromatic carbocycles. The van der Waals surface area contributed by atoms with E-state index < -0.39 is 0 Å². The summed E-state index contributed by atoms with van der Waals surface area (Å²) in [5, 5.41) is 11.0. The molecule has 0 aliphatic carbocycles. The second-order valence-electron chi connectivity index (χ2n) is 9.10. The predicted molar refractivity (Wildman–Crippen MR) is 138 cm³/mol. The summed E-state index contributed by atoms with van der Waals surface area (Å²) in [6.07, 6.45) is 4.46. The van der Waals surface area contributed by atoms with Gasteiger partial charge in [0.05, 0.1) is 17.4 Å². The van der Waals surface area contributed by atoms with Crippen LogP contribution >= 0.6 is 0 Å². The van der Waals surface area contributed by atoms with Gasteiger partial charge >= 0.3 is 0 Å². The minimum Gasteiger partial charge on any atom is -0.456 e. The molecule has 2 N–H and O–H groups in total. The predicted octanol–water partition coefficient (Wildman–Crippen LogP) is 4.78. The molecule has 1 fully saturated rings. The van der Waals surface area contributed by atoms with Crippen LogP contribution in [0.4, 0.5) is 0 Å². The molecule has 7 nitrogen and oxygen atoms in total. The highest BCUT2D eigenvalue weighted by atomic mass is 16.5. The lowest BCUT2D eigenvalue weighted by molar-refractivity contribution is 0.0928. The quantitative estimate of drug-likeness (QED) is 0.425. The third-order valence-corrected chi connectivity index (χ3v) is 6.64. The molecule has 1 amide bonds. The largest absolute Gasteiger partial charge is 0.456 e. The van der Waals surface area contributed by atoms with E-state index in [-0.39, 0.29) is 11.9 Å². The Kier molecular flexibility index (Phi) is 6.51. The molecule has 0 spiro atoms. The second-order valence-corrected chi connectivity index (χ2v) is 9.10. The summed E-state index contributed by atoms with van der Waals surface area (Å²) in [7, 11) is 1.91. The summed E-state index contributed by atoms with van der Waals surface area (Å²) in [5.74, 6) is 1.41. The number of rotatable bonds is 6. The highest BCUT2D eigenvalue weighted by molar-refractivity contribution is 5.96. The lowest BCUT2D eigenvalue weighted by atomic mass is 9.96. The maximum atomic E-state index is 13.0. The number of amides is 1. The fourth-order valence-electron chi connectivity index (χ4n) is 4.73. The van der Waals surface area contributed by atoms with E-state index in [1.807, 2.05) is 55.1 Å². The van der Waals surface area contributed by atoms with Gasteiger partial charge in [-0.05, 0) is 74.2 Å². The molecule has 7 heteroatoms. The van der Waals surface area contributed by atoms with Crippen LogP contribution in [0.5, 0.6) is 11.5 Å². The van der Waals surface area contributed by atoms with Crippen molar-refractivity contribution >= 4 is 16.9 Å². The minimum absolute atomic E-state index is 0.0191. The third-order valence-electron chi connectivity index (χ3n) is 6.64. The maximum Gasteiger partial charge on any atom is 0.251 e. The second kappa shape index (κ2) is 9.88. The number of carbonyl (C=O) groups is 1. The fraction of sp³-hybridized carbons (Fsp3) is 0.321. The highest BCUT2D eigenvalue weighted by Crippen LogP contribution is 2.30. The molecule has 1 aliphatic rings. The minimum atomic E-state index is 0.0191. The zero-order chi connectivity index (χ0) is 24.4. The van der Waals surface area contributed by atoms with Gasteiger partial charge in [0.15, 0.2) is 0 Å². The van der Waals surface area contributed by atoms with Crippen LogP contribution in [0.1, 0.15) is 41.4 Å². The van der Waals surface area contributed by atoms with Gasteiger partial charge in [-0.15, -0.1) is 0 Å². The summed E-state index contributed by atoms with van der Waals surface area (Å²) in [5.41, 5.74) is 6.60. The van der Waals surface area contributed by atoms with Crippen molar-refractivity contribution in [2.45, 2.75) is 39.2 Å². The van der Waals surface area contributed by atoms with E-state index in [1.54, 1.807) is 6.20 Å². The van der Waals surface area contributed by atoms with Gasteiger partial charge in [-0.25, -0.2) is 4.98 Å². The van der Waals surface area contributed by atoms with Crippen LogP contribution in [-0.2, 0) is 13.5 Å². The number of ether oxygens (including phenoxy) is 1. The maximum absolute atomic E-state index is 13.0. The zero-order valence-electron chi connectivity index (χ0n) is 20.5. The Morgan fingerprint density at radius 3 is 2.71 bits per heavy atom. The summed E-state index contributed by atoms with van der Waals surface area (Å²) >= 11 is 0. The summed E-state index contributed by atoms with van der Waals surface area (Å²) in [6, 6.07) is 16.3. The van der Waals surface area contributed by atoms with Crippen LogP contribution in [0.25, 0.3) is 22.2 Å². The molecule has 2 aromatic heterocycles. The van der Waals surface area contributed by atoms with Gasteiger partial charge in [0.1, 0.15) is 17.0 Å². The molecule has 0 atom stereocenters. The lowest BCUT2D eigenvalue weighted by Gasteiger charge is -2.24. The fourth-order valence-corrected chi connectivity index (χ4v) is 4.73. The molecule has 1 saturated heterocycles. The van der Waals surface area contributed by atoms with Crippen molar-refractivity contribution in [2.75, 3.05) is 13.1 Å². The number of carbonyl (C=O) groups excluding carboxylic acids is 1. The Morgan fingerprint density at radius 1 is 1.11 bits per heavy atom. The van der Waals surface area contributed by atoms with E-state index in [9.17, 15) is 4.79 Å². The smallest absolute Gasteiger partial charge is 0.251 e. The third kappa shape index (κ3) is 4.91. The number of nitrogens with one attached hydrogen (secondary N) is 2. The molecule has 0 radical (unpaired) electrons. The summed E-state index contributed by atoms with van der Waals surface area (Å²) in [4.78, 5) is 17.5. The first-order chi connectivity index (χ1) is 17.0. The Bertz CT molecular complexity index is 1370. The molecule has 0 saturated carbocycles. The molecule has 1 aliphatic heterocycles. The molecule has 4 aromatic rings. The number of aryl methyl sites for hydroxylation is 3.